The summed E-state index contributed by atoms with van der Waals surface area (Å²) in [6, 6.07) is 11.5. The minimum Gasteiger partial charge on any atom is -0.490 e. The predicted molar refractivity (Wildman–Crippen MR) is 190 cm³/mol. The molecule has 0 unspecified atom stereocenters. The Morgan fingerprint density at radius 1 is 1.17 bits per heavy atom. The first-order chi connectivity index (χ1) is 22.8. The van der Waals surface area contributed by atoms with E-state index in [0.29, 0.717) is 38.3 Å². The highest BCUT2D eigenvalue weighted by Gasteiger charge is 2.50. The number of nitrogens with one attached hydrogen (secondary N) is 1. The number of aryl methyl sites for hydroxylation is 1. The number of carbonyl (C=O) groups excluding carboxylic acids is 1. The van der Waals surface area contributed by atoms with Gasteiger partial charge in [-0.2, -0.15) is 0 Å². The van der Waals surface area contributed by atoms with E-state index >= 15 is 0 Å². The van der Waals surface area contributed by atoms with Crippen LogP contribution in [0.25, 0.3) is 0 Å². The molecule has 2 aromatic rings. The van der Waals surface area contributed by atoms with Crippen molar-refractivity contribution in [1.29, 1.82) is 0 Å². The second kappa shape index (κ2) is 13.6. The van der Waals surface area contributed by atoms with E-state index in [0.717, 1.165) is 42.8 Å². The molecular formula is C38H51ClN2O6S. The molecule has 1 spiro atoms. The SMILES string of the molecule is CO[C@]1(C[C@H](O)C(C)C)/C=C\C[C@H](C)[C@@H](C)S(=O)(=O)NC(=O)c2ccc3c(c2)N(C[C@@H]2CC[C@H]21)C[C@@]1(CCCc2cc(Cl)ccc21)CO3. The van der Waals surface area contributed by atoms with Crippen LogP contribution in [0.4, 0.5) is 5.69 Å². The van der Waals surface area contributed by atoms with Crippen molar-refractivity contribution in [1.82, 2.24) is 4.72 Å². The molecule has 1 saturated carbocycles. The molecule has 1 amide bonds. The van der Waals surface area contributed by atoms with Gasteiger partial charge in [-0.15, -0.1) is 0 Å². The van der Waals surface area contributed by atoms with Crippen molar-refractivity contribution >= 4 is 33.2 Å². The summed E-state index contributed by atoms with van der Waals surface area (Å²) in [7, 11) is -2.24. The van der Waals surface area contributed by atoms with Crippen molar-refractivity contribution in [3.63, 3.8) is 0 Å². The lowest BCUT2D eigenvalue weighted by Gasteiger charge is -2.51. The van der Waals surface area contributed by atoms with Gasteiger partial charge in [-0.05, 0) is 111 Å². The van der Waals surface area contributed by atoms with E-state index in [1.807, 2.05) is 39.0 Å². The van der Waals surface area contributed by atoms with E-state index in [-0.39, 0.29) is 34.7 Å². The quantitative estimate of drug-likeness (QED) is 0.344. The summed E-state index contributed by atoms with van der Waals surface area (Å²) in [4.78, 5) is 15.9. The van der Waals surface area contributed by atoms with Gasteiger partial charge in [-0.1, -0.05) is 50.6 Å². The van der Waals surface area contributed by atoms with E-state index in [4.69, 9.17) is 21.1 Å². The predicted octanol–water partition coefficient (Wildman–Crippen LogP) is 6.68. The van der Waals surface area contributed by atoms with Crippen LogP contribution >= 0.6 is 11.6 Å². The maximum absolute atomic E-state index is 13.5. The molecule has 4 aliphatic rings. The van der Waals surface area contributed by atoms with Crippen LogP contribution in [0.5, 0.6) is 5.75 Å². The zero-order valence-electron chi connectivity index (χ0n) is 28.9. The minimum atomic E-state index is -3.97. The number of carbonyl (C=O) groups is 1. The highest BCUT2D eigenvalue weighted by molar-refractivity contribution is 7.90. The van der Waals surface area contributed by atoms with E-state index in [9.17, 15) is 18.3 Å². The number of allylic oxidation sites excluding steroid dienone is 1. The van der Waals surface area contributed by atoms with Gasteiger partial charge >= 0.3 is 0 Å². The molecule has 2 aromatic carbocycles. The fourth-order valence-corrected chi connectivity index (χ4v) is 9.92. The van der Waals surface area contributed by atoms with Crippen molar-refractivity contribution in [3.05, 3.63) is 70.3 Å². The Balaban J connectivity index is 1.46. The standard InChI is InChI=1S/C38H51ClN2O6S/c1-24(2)34(42)20-38(46-5)17-6-8-25(3)26(4)48(44,45)40-36(43)28-11-15-35-33(19-28)41(21-29-10-13-32(29)38)22-37(23-47-35)16-7-9-27-18-30(39)12-14-31(27)37/h6,11-12,14-15,17-19,24-26,29,32,34,42H,7-10,13,16,20-23H2,1-5H3,(H,40,43)/b17-6-/t25-,26+,29-,32+,34-,37-,38-/m0/s1. The Morgan fingerprint density at radius 3 is 2.67 bits per heavy atom. The second-order valence-electron chi connectivity index (χ2n) is 15.2. The van der Waals surface area contributed by atoms with Crippen LogP contribution in [0.3, 0.4) is 0 Å². The number of halogens is 1. The third-order valence-corrected chi connectivity index (χ3v) is 14.1. The Hall–Kier alpha value is -2.59. The summed E-state index contributed by atoms with van der Waals surface area (Å²) in [5, 5.41) is 11.1. The summed E-state index contributed by atoms with van der Waals surface area (Å²) in [6.45, 7) is 9.45. The number of rotatable bonds is 4. The van der Waals surface area contributed by atoms with Crippen LogP contribution in [0.1, 0.15) is 87.7 Å². The highest BCUT2D eigenvalue weighted by Crippen LogP contribution is 2.50. The average molecular weight is 699 g/mol. The van der Waals surface area contributed by atoms with Gasteiger partial charge in [0.05, 0.1) is 29.2 Å². The molecule has 2 bridgehead atoms. The first kappa shape index (κ1) is 35.2. The number of ether oxygens (including phenoxy) is 2. The number of sulfonamides is 1. The van der Waals surface area contributed by atoms with E-state index < -0.39 is 32.9 Å². The number of anilines is 1. The smallest absolute Gasteiger partial charge is 0.264 e. The number of nitrogens with zero attached hydrogens (tertiary/aromatic N) is 1. The normalized spacial score (nSPS) is 33.0. The van der Waals surface area contributed by atoms with Gasteiger partial charge in [-0.3, -0.25) is 4.79 Å². The number of hydrogen-bond acceptors (Lipinski definition) is 7. The number of fused-ring (bicyclic) bond motifs is 4. The van der Waals surface area contributed by atoms with Gasteiger partial charge in [0, 0.05) is 42.6 Å². The zero-order valence-corrected chi connectivity index (χ0v) is 30.4. The fourth-order valence-electron chi connectivity index (χ4n) is 8.44. The lowest BCUT2D eigenvalue weighted by atomic mass is 9.62. The molecule has 2 aliphatic heterocycles. The molecule has 2 aliphatic carbocycles. The summed E-state index contributed by atoms with van der Waals surface area (Å²) >= 11 is 6.45. The maximum Gasteiger partial charge on any atom is 0.264 e. The molecule has 262 valence electrons. The molecule has 0 saturated heterocycles. The minimum absolute atomic E-state index is 0.0600. The first-order valence-electron chi connectivity index (χ1n) is 17.5. The van der Waals surface area contributed by atoms with Crippen molar-refractivity contribution in [2.24, 2.45) is 23.7 Å². The molecule has 2 N–H and O–H groups in total. The summed E-state index contributed by atoms with van der Waals surface area (Å²) < 4.78 is 42.3. The van der Waals surface area contributed by atoms with Gasteiger partial charge in [0.15, 0.2) is 0 Å². The van der Waals surface area contributed by atoms with Gasteiger partial charge in [0.2, 0.25) is 10.0 Å². The fraction of sp³-hybridized carbons (Fsp3) is 0.605. The first-order valence-corrected chi connectivity index (χ1v) is 19.5. The lowest BCUT2D eigenvalue weighted by molar-refractivity contribution is -0.103. The molecular weight excluding hydrogens is 648 g/mol. The second-order valence-corrected chi connectivity index (χ2v) is 17.7. The van der Waals surface area contributed by atoms with E-state index in [1.54, 1.807) is 26.2 Å². The van der Waals surface area contributed by atoms with Crippen LogP contribution in [-0.4, -0.2) is 63.2 Å². The van der Waals surface area contributed by atoms with Crippen molar-refractivity contribution in [2.45, 2.75) is 95.0 Å². The third kappa shape index (κ3) is 6.64. The Morgan fingerprint density at radius 2 is 1.96 bits per heavy atom. The van der Waals surface area contributed by atoms with Crippen LogP contribution in [-0.2, 0) is 26.6 Å². The summed E-state index contributed by atoms with van der Waals surface area (Å²) in [6.07, 6.45) is 9.41. The summed E-state index contributed by atoms with van der Waals surface area (Å²) in [5.74, 6) is 0.237. The molecule has 0 aromatic heterocycles. The molecule has 1 fully saturated rings. The number of amides is 1. The number of methoxy groups -OCH3 is 1. The van der Waals surface area contributed by atoms with Gasteiger partial charge in [0.25, 0.3) is 5.91 Å². The molecule has 10 heteroatoms. The maximum atomic E-state index is 13.5. The van der Waals surface area contributed by atoms with Crippen LogP contribution < -0.4 is 14.4 Å². The molecule has 48 heavy (non-hydrogen) atoms. The summed E-state index contributed by atoms with van der Waals surface area (Å²) in [5.41, 5.74) is 2.57. The number of aliphatic hydroxyl groups excluding tert-OH is 1. The van der Waals surface area contributed by atoms with Gasteiger partial charge in [0.1, 0.15) is 5.75 Å². The Bertz CT molecular complexity index is 1660. The topological polar surface area (TPSA) is 105 Å². The molecule has 6 rings (SSSR count). The lowest BCUT2D eigenvalue weighted by Crippen LogP contribution is -2.54. The molecule has 0 radical (unpaired) electrons. The number of aliphatic hydroxyl groups is 1. The largest absolute Gasteiger partial charge is 0.490 e. The molecule has 8 nitrogen and oxygen atoms in total. The number of hydrogen-bond donors (Lipinski definition) is 2. The molecule has 2 heterocycles. The zero-order chi connectivity index (χ0) is 34.4. The van der Waals surface area contributed by atoms with Gasteiger partial charge in [-0.25, -0.2) is 13.1 Å². The highest BCUT2D eigenvalue weighted by atomic mass is 35.5. The van der Waals surface area contributed by atoms with Crippen molar-refractivity contribution in [3.8, 4) is 5.75 Å². The van der Waals surface area contributed by atoms with Crippen LogP contribution in [0, 0.1) is 23.7 Å². The Labute approximate surface area is 291 Å². The molecule has 7 atom stereocenters. The van der Waals surface area contributed by atoms with E-state index in [2.05, 4.69) is 27.8 Å². The van der Waals surface area contributed by atoms with Crippen molar-refractivity contribution < 1.29 is 27.8 Å². The average Bonchev–Trinajstić information content (AvgIpc) is 3.18. The monoisotopic (exact) mass is 698 g/mol. The third-order valence-electron chi connectivity index (χ3n) is 11.9. The van der Waals surface area contributed by atoms with Crippen LogP contribution in [0.15, 0.2) is 48.6 Å². The van der Waals surface area contributed by atoms with Crippen LogP contribution in [0.2, 0.25) is 5.02 Å². The van der Waals surface area contributed by atoms with Gasteiger partial charge < -0.3 is 19.5 Å². The van der Waals surface area contributed by atoms with E-state index in [1.165, 1.54) is 11.1 Å². The van der Waals surface area contributed by atoms with Crippen molar-refractivity contribution in [2.75, 3.05) is 31.7 Å². The number of benzene rings is 2. The Kier molecular flexibility index (Phi) is 9.99.